The number of nitrogens with zero attached hydrogens (tertiary/aromatic N) is 6. The molecular weight excluding hydrogens is 464 g/mol. The lowest BCUT2D eigenvalue weighted by atomic mass is 9.57. The molecule has 3 aromatic heterocycles. The molecule has 1 aliphatic carbocycles. The van der Waals surface area contributed by atoms with E-state index < -0.39 is 0 Å². The molecule has 1 saturated carbocycles. The largest absolute Gasteiger partial charge is 0.360 e. The minimum absolute atomic E-state index is 0.230. The molecule has 4 aromatic rings. The molecule has 0 radical (unpaired) electrons. The topological polar surface area (TPSA) is 116 Å². The highest BCUT2D eigenvalue weighted by Gasteiger charge is 2.49. The second-order valence-corrected chi connectivity index (χ2v) is 10.4. The minimum Gasteiger partial charge on any atom is -0.360 e. The molecule has 188 valence electrons. The standard InChI is InChI=1S/C28H30N8O/c1-35-18-31-34-27(35)28(15-19(16-28)7-9-29)21-5-4-6-22(14-21)32-26(37)24-13-20(17-36-11-2-3-12-36)25-23(33-24)8-10-30-25/h4-6,8,10,13-14,18-19,30H,2-3,7,11-12,15-17H2,1H3,(H,32,37). The molecule has 0 atom stereocenters. The third-order valence-electron chi connectivity index (χ3n) is 7.89. The third kappa shape index (κ3) is 4.27. The van der Waals surface area contributed by atoms with Gasteiger partial charge in [-0.15, -0.1) is 10.2 Å². The zero-order valence-electron chi connectivity index (χ0n) is 20.9. The van der Waals surface area contributed by atoms with Gasteiger partial charge in [-0.2, -0.15) is 5.26 Å². The molecule has 0 unspecified atom stereocenters. The SMILES string of the molecule is Cn1cnnc1C1(c2cccc(NC(=O)c3cc(CN4CCCC4)c4[nH]ccc4n3)c2)CC(CC#N)C1. The van der Waals surface area contributed by atoms with Crippen molar-refractivity contribution in [2.75, 3.05) is 18.4 Å². The smallest absolute Gasteiger partial charge is 0.274 e. The van der Waals surface area contributed by atoms with Crippen LogP contribution in [0.25, 0.3) is 11.0 Å². The van der Waals surface area contributed by atoms with Gasteiger partial charge >= 0.3 is 0 Å². The Labute approximate surface area is 215 Å². The van der Waals surface area contributed by atoms with Crippen LogP contribution >= 0.6 is 0 Å². The van der Waals surface area contributed by atoms with E-state index in [0.29, 0.717) is 23.7 Å². The molecule has 1 amide bonds. The molecule has 1 aromatic carbocycles. The van der Waals surface area contributed by atoms with Crippen molar-refractivity contribution in [1.29, 1.82) is 5.26 Å². The van der Waals surface area contributed by atoms with E-state index in [1.165, 1.54) is 12.8 Å². The number of amides is 1. The normalized spacial score (nSPS) is 21.6. The highest BCUT2D eigenvalue weighted by molar-refractivity contribution is 6.04. The summed E-state index contributed by atoms with van der Waals surface area (Å²) in [6, 6.07) is 14.1. The number of hydrogen-bond acceptors (Lipinski definition) is 6. The third-order valence-corrected chi connectivity index (χ3v) is 7.89. The quantitative estimate of drug-likeness (QED) is 0.399. The lowest BCUT2D eigenvalue weighted by Crippen LogP contribution is -2.44. The number of anilines is 1. The van der Waals surface area contributed by atoms with E-state index in [4.69, 9.17) is 0 Å². The van der Waals surface area contributed by atoms with Crippen LogP contribution in [0.4, 0.5) is 5.69 Å². The lowest BCUT2D eigenvalue weighted by molar-refractivity contribution is 0.102. The number of H-pyrrole nitrogens is 1. The Balaban J connectivity index is 1.27. The average molecular weight is 495 g/mol. The van der Waals surface area contributed by atoms with Gasteiger partial charge in [-0.25, -0.2) is 4.98 Å². The molecule has 0 bridgehead atoms. The number of benzene rings is 1. The Bertz CT molecular complexity index is 1480. The van der Waals surface area contributed by atoms with Crippen molar-refractivity contribution in [3.05, 3.63) is 71.6 Å². The Morgan fingerprint density at radius 3 is 2.84 bits per heavy atom. The van der Waals surface area contributed by atoms with E-state index in [1.54, 1.807) is 6.33 Å². The van der Waals surface area contributed by atoms with Crippen LogP contribution in [0.3, 0.4) is 0 Å². The zero-order chi connectivity index (χ0) is 25.4. The summed E-state index contributed by atoms with van der Waals surface area (Å²) in [5.74, 6) is 0.981. The first-order chi connectivity index (χ1) is 18.1. The van der Waals surface area contributed by atoms with Gasteiger partial charge in [0.1, 0.15) is 17.8 Å². The van der Waals surface area contributed by atoms with Crippen LogP contribution in [0, 0.1) is 17.2 Å². The number of pyridine rings is 1. The molecule has 1 aliphatic heterocycles. The fourth-order valence-electron chi connectivity index (χ4n) is 6.09. The Hall–Kier alpha value is -4.03. The predicted molar refractivity (Wildman–Crippen MR) is 140 cm³/mol. The summed E-state index contributed by atoms with van der Waals surface area (Å²) in [4.78, 5) is 23.7. The van der Waals surface area contributed by atoms with Crippen LogP contribution < -0.4 is 5.32 Å². The first-order valence-electron chi connectivity index (χ1n) is 12.9. The molecule has 37 heavy (non-hydrogen) atoms. The van der Waals surface area contributed by atoms with Crippen LogP contribution in [-0.2, 0) is 19.0 Å². The number of nitriles is 1. The molecular formula is C28H30N8O. The van der Waals surface area contributed by atoms with Crippen molar-refractivity contribution >= 4 is 22.6 Å². The number of carbonyl (C=O) groups excluding carboxylic acids is 1. The summed E-state index contributed by atoms with van der Waals surface area (Å²) in [5.41, 5.74) is 4.76. The second kappa shape index (κ2) is 9.45. The summed E-state index contributed by atoms with van der Waals surface area (Å²) in [6.07, 6.45) is 8.21. The number of carbonyl (C=O) groups is 1. The summed E-state index contributed by atoms with van der Waals surface area (Å²) in [6.45, 7) is 2.97. The van der Waals surface area contributed by atoms with E-state index in [9.17, 15) is 10.1 Å². The molecule has 6 rings (SSSR count). The van der Waals surface area contributed by atoms with Gasteiger partial charge in [-0.1, -0.05) is 12.1 Å². The number of fused-ring (bicyclic) bond motifs is 1. The molecule has 9 heteroatoms. The maximum atomic E-state index is 13.4. The van der Waals surface area contributed by atoms with Gasteiger partial charge in [-0.3, -0.25) is 9.69 Å². The van der Waals surface area contributed by atoms with Crippen LogP contribution in [0.15, 0.2) is 48.9 Å². The van der Waals surface area contributed by atoms with Crippen molar-refractivity contribution in [3.8, 4) is 6.07 Å². The molecule has 2 aliphatic rings. The van der Waals surface area contributed by atoms with Crippen molar-refractivity contribution in [1.82, 2.24) is 29.6 Å². The van der Waals surface area contributed by atoms with Gasteiger partial charge in [0.25, 0.3) is 5.91 Å². The number of aromatic amines is 1. The van der Waals surface area contributed by atoms with E-state index in [0.717, 1.165) is 60.5 Å². The van der Waals surface area contributed by atoms with Crippen LogP contribution in [0.2, 0.25) is 0 Å². The van der Waals surface area contributed by atoms with E-state index in [1.807, 2.05) is 48.1 Å². The second-order valence-electron chi connectivity index (χ2n) is 10.4. The Kier molecular flexibility index (Phi) is 5.97. The Morgan fingerprint density at radius 2 is 2.08 bits per heavy atom. The molecule has 1 saturated heterocycles. The molecule has 2 fully saturated rings. The molecule has 4 heterocycles. The van der Waals surface area contributed by atoms with Crippen molar-refractivity contribution < 1.29 is 4.79 Å². The van der Waals surface area contributed by atoms with Crippen LogP contribution in [-0.4, -0.2) is 48.6 Å². The first kappa shape index (κ1) is 23.4. The molecule has 0 spiro atoms. The summed E-state index contributed by atoms with van der Waals surface area (Å²) < 4.78 is 1.95. The average Bonchev–Trinajstić information content (AvgIpc) is 3.64. The van der Waals surface area contributed by atoms with Crippen LogP contribution in [0.5, 0.6) is 0 Å². The van der Waals surface area contributed by atoms with E-state index >= 15 is 0 Å². The van der Waals surface area contributed by atoms with Crippen LogP contribution in [0.1, 0.15) is 59.5 Å². The van der Waals surface area contributed by atoms with Crippen molar-refractivity contribution in [2.24, 2.45) is 13.0 Å². The maximum Gasteiger partial charge on any atom is 0.274 e. The number of nitrogens with one attached hydrogen (secondary N) is 2. The number of rotatable bonds is 7. The highest BCUT2D eigenvalue weighted by Crippen LogP contribution is 2.53. The molecule has 9 nitrogen and oxygen atoms in total. The van der Waals surface area contributed by atoms with Gasteiger partial charge in [0.15, 0.2) is 0 Å². The minimum atomic E-state index is -0.321. The number of hydrogen-bond donors (Lipinski definition) is 2. The maximum absolute atomic E-state index is 13.4. The summed E-state index contributed by atoms with van der Waals surface area (Å²) in [7, 11) is 1.95. The van der Waals surface area contributed by atoms with Gasteiger partial charge < -0.3 is 14.9 Å². The fraction of sp³-hybridized carbons (Fsp3) is 0.393. The molecule has 2 N–H and O–H groups in total. The number of likely N-dealkylation sites (tertiary alicyclic amines) is 1. The zero-order valence-corrected chi connectivity index (χ0v) is 20.9. The summed E-state index contributed by atoms with van der Waals surface area (Å²) in [5, 5.41) is 20.8. The Morgan fingerprint density at radius 1 is 1.24 bits per heavy atom. The highest BCUT2D eigenvalue weighted by atomic mass is 16.1. The van der Waals surface area contributed by atoms with Crippen molar-refractivity contribution in [2.45, 2.75) is 44.1 Å². The van der Waals surface area contributed by atoms with E-state index in [2.05, 4.69) is 42.5 Å². The number of aryl methyl sites for hydroxylation is 1. The monoisotopic (exact) mass is 494 g/mol. The lowest BCUT2D eigenvalue weighted by Gasteiger charge is -2.46. The van der Waals surface area contributed by atoms with E-state index in [-0.39, 0.29) is 11.3 Å². The number of aromatic nitrogens is 5. The predicted octanol–water partition coefficient (Wildman–Crippen LogP) is 4.15. The summed E-state index contributed by atoms with van der Waals surface area (Å²) >= 11 is 0. The first-order valence-corrected chi connectivity index (χ1v) is 12.9. The van der Waals surface area contributed by atoms with Gasteiger partial charge in [0.2, 0.25) is 0 Å². The fourth-order valence-corrected chi connectivity index (χ4v) is 6.09. The van der Waals surface area contributed by atoms with Gasteiger partial charge in [-0.05, 0) is 80.1 Å². The van der Waals surface area contributed by atoms with Gasteiger partial charge in [0, 0.05) is 31.9 Å². The van der Waals surface area contributed by atoms with Crippen molar-refractivity contribution in [3.63, 3.8) is 0 Å². The van der Waals surface area contributed by atoms with Gasteiger partial charge in [0.05, 0.1) is 22.5 Å².